The zero-order chi connectivity index (χ0) is 16.4. The van der Waals surface area contributed by atoms with E-state index in [0.717, 1.165) is 22.6 Å². The van der Waals surface area contributed by atoms with E-state index >= 15 is 0 Å². The Morgan fingerprint density at radius 2 is 2.00 bits per heavy atom. The number of benzene rings is 1. The molecule has 0 saturated heterocycles. The van der Waals surface area contributed by atoms with Crippen molar-refractivity contribution in [1.82, 2.24) is 9.78 Å². The van der Waals surface area contributed by atoms with Crippen LogP contribution in [-0.2, 0) is 4.79 Å². The molecule has 0 aliphatic rings. The van der Waals surface area contributed by atoms with Gasteiger partial charge >= 0.3 is 0 Å². The Hall–Kier alpha value is -1.81. The van der Waals surface area contributed by atoms with Crippen molar-refractivity contribution in [3.05, 3.63) is 45.7 Å². The van der Waals surface area contributed by atoms with Crippen LogP contribution in [-0.4, -0.2) is 15.7 Å². The topological polar surface area (TPSA) is 46.9 Å². The van der Waals surface area contributed by atoms with E-state index in [4.69, 9.17) is 11.6 Å². The van der Waals surface area contributed by atoms with Gasteiger partial charge in [-0.2, -0.15) is 5.10 Å². The number of aromatic nitrogens is 2. The molecule has 2 rings (SSSR count). The van der Waals surface area contributed by atoms with Gasteiger partial charge in [-0.3, -0.25) is 9.48 Å². The van der Waals surface area contributed by atoms with E-state index in [0.29, 0.717) is 11.4 Å². The molecular formula is C17H22ClN3O. The standard InChI is InChI=1S/C17H22ClN3O/c1-10-6-7-15(18)9-16(10)19-17(22)8-11(2)21-14(5)12(3)13(4)20-21/h6-7,9,11H,8H2,1-5H3,(H,19,22). The third-order valence-corrected chi connectivity index (χ3v) is 4.29. The van der Waals surface area contributed by atoms with Gasteiger partial charge < -0.3 is 5.32 Å². The Morgan fingerprint density at radius 3 is 2.59 bits per heavy atom. The number of carbonyl (C=O) groups excluding carboxylic acids is 1. The van der Waals surface area contributed by atoms with Gasteiger partial charge in [0, 0.05) is 22.8 Å². The van der Waals surface area contributed by atoms with E-state index in [2.05, 4.69) is 17.3 Å². The van der Waals surface area contributed by atoms with Crippen molar-refractivity contribution in [2.45, 2.75) is 47.1 Å². The lowest BCUT2D eigenvalue weighted by Crippen LogP contribution is -2.19. The molecule has 1 atom stereocenters. The fourth-order valence-corrected chi connectivity index (χ4v) is 2.63. The van der Waals surface area contributed by atoms with Gasteiger partial charge in [0.2, 0.25) is 5.91 Å². The Morgan fingerprint density at radius 1 is 1.32 bits per heavy atom. The number of aryl methyl sites for hydroxylation is 2. The summed E-state index contributed by atoms with van der Waals surface area (Å²) in [5.74, 6) is -0.0388. The number of amides is 1. The van der Waals surface area contributed by atoms with Gasteiger partial charge in [-0.1, -0.05) is 17.7 Å². The van der Waals surface area contributed by atoms with Crippen molar-refractivity contribution in [2.75, 3.05) is 5.32 Å². The summed E-state index contributed by atoms with van der Waals surface area (Å²) in [6, 6.07) is 5.49. The van der Waals surface area contributed by atoms with Gasteiger partial charge in [0.25, 0.3) is 0 Å². The summed E-state index contributed by atoms with van der Waals surface area (Å²) in [7, 11) is 0. The second-order valence-corrected chi connectivity index (χ2v) is 6.24. The van der Waals surface area contributed by atoms with E-state index < -0.39 is 0 Å². The minimum absolute atomic E-state index is 0.00638. The monoisotopic (exact) mass is 319 g/mol. The first kappa shape index (κ1) is 16.6. The quantitative estimate of drug-likeness (QED) is 0.910. The second kappa shape index (κ2) is 6.53. The van der Waals surface area contributed by atoms with Crippen molar-refractivity contribution in [3.8, 4) is 0 Å². The Labute approximate surface area is 136 Å². The SMILES string of the molecule is Cc1ccc(Cl)cc1NC(=O)CC(C)n1nc(C)c(C)c1C. The molecular weight excluding hydrogens is 298 g/mol. The van der Waals surface area contributed by atoms with Crippen LogP contribution in [0.2, 0.25) is 5.02 Å². The lowest BCUT2D eigenvalue weighted by molar-refractivity contribution is -0.116. The number of halogens is 1. The number of nitrogens with zero attached hydrogens (tertiary/aromatic N) is 2. The van der Waals surface area contributed by atoms with Crippen LogP contribution in [0.4, 0.5) is 5.69 Å². The molecule has 1 aromatic carbocycles. The van der Waals surface area contributed by atoms with Crippen LogP contribution in [0.1, 0.15) is 41.9 Å². The van der Waals surface area contributed by atoms with Crippen LogP contribution < -0.4 is 5.32 Å². The first-order valence-electron chi connectivity index (χ1n) is 7.38. The third-order valence-electron chi connectivity index (χ3n) is 4.06. The normalized spacial score (nSPS) is 12.3. The van der Waals surface area contributed by atoms with Crippen LogP contribution in [0.25, 0.3) is 0 Å². The molecule has 0 saturated carbocycles. The summed E-state index contributed by atoms with van der Waals surface area (Å²) in [4.78, 5) is 12.3. The molecule has 2 aromatic rings. The minimum atomic E-state index is -0.0388. The molecule has 0 fully saturated rings. The summed E-state index contributed by atoms with van der Waals surface area (Å²) in [6.45, 7) is 10.0. The molecule has 1 N–H and O–H groups in total. The minimum Gasteiger partial charge on any atom is -0.326 e. The highest BCUT2D eigenvalue weighted by Crippen LogP contribution is 2.22. The van der Waals surface area contributed by atoms with Gasteiger partial charge in [-0.25, -0.2) is 0 Å². The number of hydrogen-bond acceptors (Lipinski definition) is 2. The molecule has 0 aliphatic heterocycles. The van der Waals surface area contributed by atoms with Crippen LogP contribution in [0, 0.1) is 27.7 Å². The van der Waals surface area contributed by atoms with Crippen molar-refractivity contribution in [3.63, 3.8) is 0 Å². The highest BCUT2D eigenvalue weighted by atomic mass is 35.5. The molecule has 1 unspecified atom stereocenters. The first-order valence-corrected chi connectivity index (χ1v) is 7.75. The van der Waals surface area contributed by atoms with Gasteiger partial charge in [0.1, 0.15) is 0 Å². The zero-order valence-corrected chi connectivity index (χ0v) is 14.5. The summed E-state index contributed by atoms with van der Waals surface area (Å²) < 4.78 is 1.93. The molecule has 0 aliphatic carbocycles. The van der Waals surface area contributed by atoms with Crippen LogP contribution in [0.5, 0.6) is 0 Å². The molecule has 0 spiro atoms. The molecule has 1 heterocycles. The molecule has 118 valence electrons. The number of carbonyl (C=O) groups is 1. The first-order chi connectivity index (χ1) is 10.3. The van der Waals surface area contributed by atoms with E-state index in [1.165, 1.54) is 5.56 Å². The van der Waals surface area contributed by atoms with Crippen molar-refractivity contribution in [1.29, 1.82) is 0 Å². The second-order valence-electron chi connectivity index (χ2n) is 5.80. The lowest BCUT2D eigenvalue weighted by atomic mass is 10.1. The highest BCUT2D eigenvalue weighted by Gasteiger charge is 2.16. The van der Waals surface area contributed by atoms with E-state index in [1.54, 1.807) is 6.07 Å². The Balaban J connectivity index is 2.08. The van der Waals surface area contributed by atoms with Crippen LogP contribution in [0.3, 0.4) is 0 Å². The number of rotatable bonds is 4. The van der Waals surface area contributed by atoms with Crippen molar-refractivity contribution >= 4 is 23.2 Å². The summed E-state index contributed by atoms with van der Waals surface area (Å²) in [5.41, 5.74) is 5.05. The maximum absolute atomic E-state index is 12.3. The van der Waals surface area contributed by atoms with Crippen molar-refractivity contribution in [2.24, 2.45) is 0 Å². The summed E-state index contributed by atoms with van der Waals surface area (Å²) in [5, 5.41) is 8.06. The number of hydrogen-bond donors (Lipinski definition) is 1. The predicted octanol–water partition coefficient (Wildman–Crippen LogP) is 4.36. The lowest BCUT2D eigenvalue weighted by Gasteiger charge is -2.15. The van der Waals surface area contributed by atoms with Crippen LogP contribution in [0.15, 0.2) is 18.2 Å². The molecule has 5 heteroatoms. The van der Waals surface area contributed by atoms with Crippen molar-refractivity contribution < 1.29 is 4.79 Å². The van der Waals surface area contributed by atoms with E-state index in [-0.39, 0.29) is 11.9 Å². The van der Waals surface area contributed by atoms with Gasteiger partial charge in [0.05, 0.1) is 11.7 Å². The summed E-state index contributed by atoms with van der Waals surface area (Å²) >= 11 is 5.98. The molecule has 1 aromatic heterocycles. The Bertz CT molecular complexity index is 706. The number of nitrogens with one attached hydrogen (secondary N) is 1. The maximum Gasteiger partial charge on any atom is 0.226 e. The molecule has 0 bridgehead atoms. The van der Waals surface area contributed by atoms with Gasteiger partial charge in [-0.05, 0) is 57.9 Å². The molecule has 4 nitrogen and oxygen atoms in total. The third kappa shape index (κ3) is 3.50. The average molecular weight is 320 g/mol. The highest BCUT2D eigenvalue weighted by molar-refractivity contribution is 6.31. The fourth-order valence-electron chi connectivity index (χ4n) is 2.46. The number of anilines is 1. The summed E-state index contributed by atoms with van der Waals surface area (Å²) in [6.07, 6.45) is 0.368. The smallest absolute Gasteiger partial charge is 0.226 e. The van der Waals surface area contributed by atoms with Gasteiger partial charge in [-0.15, -0.1) is 0 Å². The average Bonchev–Trinajstić information content (AvgIpc) is 2.70. The maximum atomic E-state index is 12.3. The Kier molecular flexibility index (Phi) is 4.91. The van der Waals surface area contributed by atoms with Gasteiger partial charge in [0.15, 0.2) is 0 Å². The fraction of sp³-hybridized carbons (Fsp3) is 0.412. The molecule has 22 heavy (non-hydrogen) atoms. The molecule has 0 radical (unpaired) electrons. The zero-order valence-electron chi connectivity index (χ0n) is 13.7. The molecule has 1 amide bonds. The van der Waals surface area contributed by atoms with E-state index in [1.807, 2.05) is 44.5 Å². The predicted molar refractivity (Wildman–Crippen MR) is 90.6 cm³/mol. The van der Waals surface area contributed by atoms with Crippen LogP contribution >= 0.6 is 11.6 Å². The van der Waals surface area contributed by atoms with E-state index in [9.17, 15) is 4.79 Å². The largest absolute Gasteiger partial charge is 0.326 e.